The van der Waals surface area contributed by atoms with Crippen molar-refractivity contribution in [1.29, 1.82) is 0 Å². The van der Waals surface area contributed by atoms with Crippen LogP contribution in [0.3, 0.4) is 0 Å². The first-order valence-corrected chi connectivity index (χ1v) is 5.35. The van der Waals surface area contributed by atoms with E-state index in [9.17, 15) is 10.1 Å². The van der Waals surface area contributed by atoms with Gasteiger partial charge in [-0.1, -0.05) is 6.08 Å². The van der Waals surface area contributed by atoms with Gasteiger partial charge in [-0.25, -0.2) is 4.90 Å². The van der Waals surface area contributed by atoms with Gasteiger partial charge in [0.2, 0.25) is 0 Å². The number of likely N-dealkylation sites (N-methyl/N-ethyl adjacent to an activating group) is 1. The molecule has 0 amide bonds. The van der Waals surface area contributed by atoms with Crippen molar-refractivity contribution in [2.24, 2.45) is 0 Å². The predicted octanol–water partition coefficient (Wildman–Crippen LogP) is -0.163. The van der Waals surface area contributed by atoms with Crippen molar-refractivity contribution in [1.82, 2.24) is 15.1 Å². The average molecular weight is 224 g/mol. The van der Waals surface area contributed by atoms with E-state index in [1.807, 2.05) is 11.9 Å². The summed E-state index contributed by atoms with van der Waals surface area (Å²) < 4.78 is 0. The van der Waals surface area contributed by atoms with Crippen molar-refractivity contribution in [3.8, 4) is 0 Å². The van der Waals surface area contributed by atoms with Gasteiger partial charge in [-0.15, -0.1) is 0 Å². The van der Waals surface area contributed by atoms with E-state index >= 15 is 0 Å². The summed E-state index contributed by atoms with van der Waals surface area (Å²) in [6.07, 6.45) is 6.72. The van der Waals surface area contributed by atoms with E-state index in [2.05, 4.69) is 10.2 Å². The quantitative estimate of drug-likeness (QED) is 0.521. The first-order valence-electron chi connectivity index (χ1n) is 5.35. The summed E-state index contributed by atoms with van der Waals surface area (Å²) in [5.41, 5.74) is 0. The van der Waals surface area contributed by atoms with E-state index in [0.29, 0.717) is 13.1 Å². The molecule has 2 aliphatic rings. The molecule has 6 nitrogen and oxygen atoms in total. The lowest BCUT2D eigenvalue weighted by atomic mass is 10.2. The first kappa shape index (κ1) is 11.1. The lowest BCUT2D eigenvalue weighted by molar-refractivity contribution is -0.593. The molecule has 6 heteroatoms. The minimum absolute atomic E-state index is 0.266. The van der Waals surface area contributed by atoms with Gasteiger partial charge in [-0.2, -0.15) is 0 Å². The monoisotopic (exact) mass is 224 g/mol. The molecule has 0 aliphatic carbocycles. The van der Waals surface area contributed by atoms with Gasteiger partial charge in [0.05, 0.1) is 4.92 Å². The fourth-order valence-corrected chi connectivity index (χ4v) is 2.04. The van der Waals surface area contributed by atoms with Crippen molar-refractivity contribution in [2.45, 2.75) is 5.79 Å². The highest BCUT2D eigenvalue weighted by Gasteiger charge is 2.47. The second-order valence-corrected chi connectivity index (χ2v) is 4.14. The third-order valence-electron chi connectivity index (χ3n) is 3.10. The second kappa shape index (κ2) is 4.23. The molecule has 2 rings (SSSR count). The summed E-state index contributed by atoms with van der Waals surface area (Å²) in [6.45, 7) is 3.11. The molecule has 0 aromatic rings. The van der Waals surface area contributed by atoms with Crippen LogP contribution >= 0.6 is 0 Å². The molecule has 0 aromatic carbocycles. The van der Waals surface area contributed by atoms with Gasteiger partial charge < -0.3 is 10.2 Å². The highest BCUT2D eigenvalue weighted by molar-refractivity contribution is 5.15. The van der Waals surface area contributed by atoms with Crippen molar-refractivity contribution >= 4 is 0 Å². The largest absolute Gasteiger partial charge is 0.375 e. The lowest BCUT2D eigenvalue weighted by Gasteiger charge is -2.39. The Hall–Kier alpha value is -1.40. The molecule has 2 aliphatic heterocycles. The number of hydrogen-bond donors (Lipinski definition) is 1. The molecular weight excluding hydrogens is 208 g/mol. The third kappa shape index (κ3) is 1.81. The van der Waals surface area contributed by atoms with Gasteiger partial charge in [-0.3, -0.25) is 10.1 Å². The Morgan fingerprint density at radius 2 is 2.00 bits per heavy atom. The minimum Gasteiger partial charge on any atom is -0.310 e. The summed E-state index contributed by atoms with van der Waals surface area (Å²) in [5.74, 6) is -1.25. The molecule has 0 bridgehead atoms. The molecule has 16 heavy (non-hydrogen) atoms. The normalized spacial score (nSPS) is 31.3. The SMILES string of the molecule is CN1CCN(C2([N+](=O)[O-])C=CC=CN2)CC1. The van der Waals surface area contributed by atoms with E-state index < -0.39 is 5.79 Å². The Kier molecular flexibility index (Phi) is 2.93. The summed E-state index contributed by atoms with van der Waals surface area (Å²) in [7, 11) is 2.03. The standard InChI is InChI=1S/C10H16N4O2/c1-12-6-8-13(9-7-12)10(14(15)16)4-2-3-5-11-10/h2-5,11H,6-9H2,1H3. The van der Waals surface area contributed by atoms with Crippen LogP contribution in [-0.2, 0) is 0 Å². The minimum atomic E-state index is -1.25. The number of nitrogens with one attached hydrogen (secondary N) is 1. The number of nitro groups is 1. The second-order valence-electron chi connectivity index (χ2n) is 4.14. The molecular formula is C10H16N4O2. The summed E-state index contributed by atoms with van der Waals surface area (Å²) in [4.78, 5) is 15.0. The molecule has 0 radical (unpaired) electrons. The van der Waals surface area contributed by atoms with E-state index in [-0.39, 0.29) is 4.92 Å². The molecule has 0 aromatic heterocycles. The summed E-state index contributed by atoms with van der Waals surface area (Å²) in [5, 5.41) is 14.1. The number of rotatable bonds is 2. The Morgan fingerprint density at radius 3 is 2.50 bits per heavy atom. The van der Waals surface area contributed by atoms with Crippen LogP contribution in [0, 0.1) is 10.1 Å². The maximum absolute atomic E-state index is 11.3. The number of nitrogens with zero attached hydrogens (tertiary/aromatic N) is 3. The van der Waals surface area contributed by atoms with Gasteiger partial charge in [0, 0.05) is 38.5 Å². The third-order valence-corrected chi connectivity index (χ3v) is 3.10. The molecule has 1 N–H and O–H groups in total. The lowest BCUT2D eigenvalue weighted by Crippen LogP contribution is -2.65. The highest BCUT2D eigenvalue weighted by Crippen LogP contribution is 2.19. The molecule has 1 fully saturated rings. The first-order chi connectivity index (χ1) is 7.65. The van der Waals surface area contributed by atoms with Crippen molar-refractivity contribution < 1.29 is 4.92 Å². The molecule has 1 unspecified atom stereocenters. The van der Waals surface area contributed by atoms with Crippen LogP contribution in [0.25, 0.3) is 0 Å². The maximum Gasteiger partial charge on any atom is 0.375 e. The molecule has 1 atom stereocenters. The van der Waals surface area contributed by atoms with E-state index in [0.717, 1.165) is 13.1 Å². The van der Waals surface area contributed by atoms with Crippen LogP contribution in [0.1, 0.15) is 0 Å². The molecule has 0 saturated carbocycles. The summed E-state index contributed by atoms with van der Waals surface area (Å²) in [6, 6.07) is 0. The molecule has 2 heterocycles. The topological polar surface area (TPSA) is 61.7 Å². The summed E-state index contributed by atoms with van der Waals surface area (Å²) >= 11 is 0. The zero-order chi connectivity index (χ0) is 11.6. The Labute approximate surface area is 94.4 Å². The highest BCUT2D eigenvalue weighted by atomic mass is 16.6. The fourth-order valence-electron chi connectivity index (χ4n) is 2.04. The average Bonchev–Trinajstić information content (AvgIpc) is 2.30. The zero-order valence-corrected chi connectivity index (χ0v) is 9.30. The smallest absolute Gasteiger partial charge is 0.310 e. The predicted molar refractivity (Wildman–Crippen MR) is 60.2 cm³/mol. The van der Waals surface area contributed by atoms with Crippen LogP contribution in [0.15, 0.2) is 24.4 Å². The maximum atomic E-state index is 11.3. The molecule has 1 saturated heterocycles. The number of allylic oxidation sites excluding steroid dienone is 2. The van der Waals surface area contributed by atoms with Gasteiger partial charge in [0.1, 0.15) is 0 Å². The number of hydrogen-bond acceptors (Lipinski definition) is 5. The van der Waals surface area contributed by atoms with E-state index in [1.54, 1.807) is 24.4 Å². The van der Waals surface area contributed by atoms with Crippen molar-refractivity contribution in [3.63, 3.8) is 0 Å². The van der Waals surface area contributed by atoms with E-state index in [4.69, 9.17) is 0 Å². The van der Waals surface area contributed by atoms with Gasteiger partial charge in [-0.05, 0) is 13.1 Å². The van der Waals surface area contributed by atoms with Crippen LogP contribution < -0.4 is 5.32 Å². The number of piperazine rings is 1. The van der Waals surface area contributed by atoms with Crippen LogP contribution in [0.4, 0.5) is 0 Å². The number of dihydropyridines is 1. The van der Waals surface area contributed by atoms with Crippen LogP contribution in [0.2, 0.25) is 0 Å². The van der Waals surface area contributed by atoms with Crippen LogP contribution in [0.5, 0.6) is 0 Å². The molecule has 88 valence electrons. The molecule has 0 spiro atoms. The van der Waals surface area contributed by atoms with Gasteiger partial charge >= 0.3 is 5.79 Å². The van der Waals surface area contributed by atoms with Gasteiger partial charge in [0.15, 0.2) is 0 Å². The zero-order valence-electron chi connectivity index (χ0n) is 9.30. The van der Waals surface area contributed by atoms with Crippen LogP contribution in [-0.4, -0.2) is 53.7 Å². The Morgan fingerprint density at radius 1 is 1.31 bits per heavy atom. The van der Waals surface area contributed by atoms with E-state index in [1.165, 1.54) is 0 Å². The Balaban J connectivity index is 2.17. The van der Waals surface area contributed by atoms with Crippen molar-refractivity contribution in [3.05, 3.63) is 34.5 Å². The van der Waals surface area contributed by atoms with Crippen molar-refractivity contribution in [2.75, 3.05) is 33.2 Å². The Bertz CT molecular complexity index is 334. The van der Waals surface area contributed by atoms with Gasteiger partial charge in [0.25, 0.3) is 0 Å². The fraction of sp³-hybridized carbons (Fsp3) is 0.600.